The van der Waals surface area contributed by atoms with E-state index in [0.717, 1.165) is 0 Å². The molecule has 0 rings (SSSR count). The molecule has 0 aromatic rings. The highest BCUT2D eigenvalue weighted by atomic mass is 16.6. The molecule has 0 aliphatic carbocycles. The molecule has 0 aliphatic rings. The molecule has 0 radical (unpaired) electrons. The fourth-order valence-electron chi connectivity index (χ4n) is 2.57. The number of nitrogens with zero attached hydrogens (tertiary/aromatic N) is 1. The van der Waals surface area contributed by atoms with Gasteiger partial charge in [-0.25, -0.2) is 19.3 Å². The lowest BCUT2D eigenvalue weighted by atomic mass is 10.2. The van der Waals surface area contributed by atoms with Crippen molar-refractivity contribution < 1.29 is 28.6 Å². The second kappa shape index (κ2) is 11.8. The SMILES string of the molecule is CCCN(C(C)OC(=O)NC(C)C)C(C)(NC(=O)OC(C)(C)C)OC(=O)NC(C)C. The zero-order valence-electron chi connectivity index (χ0n) is 20.0. The molecule has 10 nitrogen and oxygen atoms in total. The summed E-state index contributed by atoms with van der Waals surface area (Å²) in [6.07, 6.45) is -2.31. The van der Waals surface area contributed by atoms with E-state index in [-0.39, 0.29) is 12.1 Å². The summed E-state index contributed by atoms with van der Waals surface area (Å²) in [6, 6.07) is -0.280. The van der Waals surface area contributed by atoms with Crippen molar-refractivity contribution >= 4 is 18.3 Å². The van der Waals surface area contributed by atoms with Crippen molar-refractivity contribution in [2.45, 2.75) is 105 Å². The van der Waals surface area contributed by atoms with E-state index in [2.05, 4.69) is 16.0 Å². The average molecular weight is 433 g/mol. The zero-order valence-corrected chi connectivity index (χ0v) is 20.0. The Bertz CT molecular complexity index is 576. The van der Waals surface area contributed by atoms with Gasteiger partial charge in [-0.1, -0.05) is 6.92 Å². The van der Waals surface area contributed by atoms with Gasteiger partial charge in [0.15, 0.2) is 6.23 Å². The Hall–Kier alpha value is -2.23. The van der Waals surface area contributed by atoms with E-state index in [9.17, 15) is 14.4 Å². The summed E-state index contributed by atoms with van der Waals surface area (Å²) < 4.78 is 16.4. The molecule has 30 heavy (non-hydrogen) atoms. The molecular formula is C20H40N4O6. The molecule has 2 unspecified atom stereocenters. The Morgan fingerprint density at radius 1 is 0.833 bits per heavy atom. The number of hydrogen-bond donors (Lipinski definition) is 3. The minimum absolute atomic E-state index is 0.108. The second-order valence-electron chi connectivity index (χ2n) is 8.80. The topological polar surface area (TPSA) is 118 Å². The molecule has 0 bridgehead atoms. The van der Waals surface area contributed by atoms with Crippen LogP contribution in [0.5, 0.6) is 0 Å². The van der Waals surface area contributed by atoms with Crippen LogP contribution < -0.4 is 16.0 Å². The highest BCUT2D eigenvalue weighted by molar-refractivity contribution is 5.71. The van der Waals surface area contributed by atoms with Gasteiger partial charge >= 0.3 is 18.3 Å². The molecule has 2 atom stereocenters. The molecule has 0 aromatic carbocycles. The number of amides is 3. The summed E-state index contributed by atoms with van der Waals surface area (Å²) in [7, 11) is 0. The Morgan fingerprint density at radius 3 is 1.77 bits per heavy atom. The first-order valence-electron chi connectivity index (χ1n) is 10.3. The van der Waals surface area contributed by atoms with Gasteiger partial charge < -0.3 is 24.8 Å². The first-order chi connectivity index (χ1) is 13.6. The van der Waals surface area contributed by atoms with E-state index >= 15 is 0 Å². The maximum absolute atomic E-state index is 12.5. The fourth-order valence-corrected chi connectivity index (χ4v) is 2.57. The summed E-state index contributed by atoms with van der Waals surface area (Å²) in [5.41, 5.74) is -0.750. The van der Waals surface area contributed by atoms with Crippen molar-refractivity contribution in [1.29, 1.82) is 0 Å². The van der Waals surface area contributed by atoms with Crippen molar-refractivity contribution in [3.8, 4) is 0 Å². The van der Waals surface area contributed by atoms with Gasteiger partial charge in [0, 0.05) is 25.6 Å². The van der Waals surface area contributed by atoms with Gasteiger partial charge in [-0.15, -0.1) is 0 Å². The van der Waals surface area contributed by atoms with E-state index in [1.54, 1.807) is 46.4 Å². The van der Waals surface area contributed by atoms with Crippen LogP contribution in [0.4, 0.5) is 14.4 Å². The molecule has 0 saturated carbocycles. The Labute approximate surface area is 180 Å². The van der Waals surface area contributed by atoms with Crippen LogP contribution in [0.15, 0.2) is 0 Å². The first kappa shape index (κ1) is 27.8. The predicted octanol–water partition coefficient (Wildman–Crippen LogP) is 3.51. The first-order valence-corrected chi connectivity index (χ1v) is 10.3. The van der Waals surface area contributed by atoms with Gasteiger partial charge in [0.2, 0.25) is 0 Å². The van der Waals surface area contributed by atoms with E-state index in [0.29, 0.717) is 13.0 Å². The molecule has 3 N–H and O–H groups in total. The summed E-state index contributed by atoms with van der Waals surface area (Å²) in [5, 5.41) is 7.87. The molecule has 0 spiro atoms. The maximum Gasteiger partial charge on any atom is 0.411 e. The predicted molar refractivity (Wildman–Crippen MR) is 114 cm³/mol. The average Bonchev–Trinajstić information content (AvgIpc) is 2.47. The number of ether oxygens (including phenoxy) is 3. The fraction of sp³-hybridized carbons (Fsp3) is 0.850. The third-order valence-corrected chi connectivity index (χ3v) is 3.57. The monoisotopic (exact) mass is 432 g/mol. The Morgan fingerprint density at radius 2 is 1.33 bits per heavy atom. The van der Waals surface area contributed by atoms with Crippen molar-refractivity contribution in [1.82, 2.24) is 20.9 Å². The van der Waals surface area contributed by atoms with Gasteiger partial charge in [0.05, 0.1) is 0 Å². The molecule has 0 heterocycles. The summed E-state index contributed by atoms with van der Waals surface area (Å²) in [4.78, 5) is 38.5. The van der Waals surface area contributed by atoms with Crippen molar-refractivity contribution in [2.24, 2.45) is 0 Å². The number of carbonyl (C=O) groups excluding carboxylic acids is 3. The number of nitrogens with one attached hydrogen (secondary N) is 3. The summed E-state index contributed by atoms with van der Waals surface area (Å²) >= 11 is 0. The largest absolute Gasteiger partial charge is 0.444 e. The Kier molecular flexibility index (Phi) is 10.9. The smallest absolute Gasteiger partial charge is 0.411 e. The van der Waals surface area contributed by atoms with Crippen LogP contribution in [0.25, 0.3) is 0 Å². The second-order valence-corrected chi connectivity index (χ2v) is 8.80. The number of carbonyl (C=O) groups is 3. The van der Waals surface area contributed by atoms with E-state index < -0.39 is 36.0 Å². The van der Waals surface area contributed by atoms with Crippen LogP contribution in [0.3, 0.4) is 0 Å². The molecule has 0 saturated heterocycles. The zero-order chi connectivity index (χ0) is 23.7. The molecule has 0 aliphatic heterocycles. The van der Waals surface area contributed by atoms with Crippen LogP contribution in [-0.2, 0) is 14.2 Å². The lowest BCUT2D eigenvalue weighted by Crippen LogP contribution is -2.65. The van der Waals surface area contributed by atoms with Crippen LogP contribution >= 0.6 is 0 Å². The van der Waals surface area contributed by atoms with Crippen molar-refractivity contribution in [2.75, 3.05) is 6.54 Å². The molecule has 10 heteroatoms. The van der Waals surface area contributed by atoms with E-state index in [1.165, 1.54) is 6.92 Å². The molecule has 3 amide bonds. The van der Waals surface area contributed by atoms with Crippen LogP contribution in [0.1, 0.15) is 75.7 Å². The van der Waals surface area contributed by atoms with Crippen LogP contribution in [0.2, 0.25) is 0 Å². The number of rotatable bonds is 9. The lowest BCUT2D eigenvalue weighted by molar-refractivity contribution is -0.176. The van der Waals surface area contributed by atoms with Crippen molar-refractivity contribution in [3.63, 3.8) is 0 Å². The molecule has 0 aromatic heterocycles. The van der Waals surface area contributed by atoms with E-state index in [1.807, 2.05) is 20.8 Å². The number of alkyl carbamates (subject to hydrolysis) is 3. The quantitative estimate of drug-likeness (QED) is 0.377. The van der Waals surface area contributed by atoms with Gasteiger partial charge in [-0.3, -0.25) is 5.32 Å². The Balaban J connectivity index is 5.76. The van der Waals surface area contributed by atoms with Crippen LogP contribution in [-0.4, -0.2) is 59.5 Å². The highest BCUT2D eigenvalue weighted by Crippen LogP contribution is 2.21. The molecule has 176 valence electrons. The summed E-state index contributed by atoms with van der Waals surface area (Å²) in [6.45, 7) is 17.8. The van der Waals surface area contributed by atoms with Gasteiger partial charge in [-0.2, -0.15) is 0 Å². The van der Waals surface area contributed by atoms with E-state index in [4.69, 9.17) is 14.2 Å². The summed E-state index contributed by atoms with van der Waals surface area (Å²) in [5.74, 6) is -1.64. The van der Waals surface area contributed by atoms with Crippen LogP contribution in [0, 0.1) is 0 Å². The maximum atomic E-state index is 12.5. The van der Waals surface area contributed by atoms with Gasteiger partial charge in [0.1, 0.15) is 5.60 Å². The standard InChI is InChI=1S/C20H40N4O6/c1-11-12-24(15(6)28-16(25)21-13(2)3)20(10,30-17(26)22-14(4)5)23-18(27)29-19(7,8)9/h13-15H,11-12H2,1-10H3,(H,21,25)(H,22,26)(H,23,27). The lowest BCUT2D eigenvalue weighted by Gasteiger charge is -2.42. The molecule has 0 fully saturated rings. The highest BCUT2D eigenvalue weighted by Gasteiger charge is 2.42. The third kappa shape index (κ3) is 11.1. The normalized spacial score (nSPS) is 14.7. The van der Waals surface area contributed by atoms with Gasteiger partial charge in [0.25, 0.3) is 5.85 Å². The van der Waals surface area contributed by atoms with Crippen molar-refractivity contribution in [3.05, 3.63) is 0 Å². The minimum atomic E-state index is -1.64. The third-order valence-electron chi connectivity index (χ3n) is 3.57. The number of hydrogen-bond acceptors (Lipinski definition) is 7. The van der Waals surface area contributed by atoms with Gasteiger partial charge in [-0.05, 0) is 61.8 Å². The minimum Gasteiger partial charge on any atom is -0.444 e. The molecular weight excluding hydrogens is 392 g/mol.